The van der Waals surface area contributed by atoms with Gasteiger partial charge in [-0.25, -0.2) is 13.7 Å². The van der Waals surface area contributed by atoms with Crippen LogP contribution in [0.25, 0.3) is 0 Å². The van der Waals surface area contributed by atoms with Crippen LogP contribution in [0.5, 0.6) is 0 Å². The van der Waals surface area contributed by atoms with E-state index in [2.05, 4.69) is 0 Å². The van der Waals surface area contributed by atoms with Gasteiger partial charge in [-0.05, 0) is 0 Å². The predicted octanol–water partition coefficient (Wildman–Crippen LogP) is -2.79. The molecule has 0 aromatic heterocycles. The molecule has 0 atom stereocenters. The zero-order chi connectivity index (χ0) is 13.5. The first kappa shape index (κ1) is 25.7. The second-order valence-corrected chi connectivity index (χ2v) is 4.62. The Balaban J connectivity index is -0.0000000655. The molecule has 12 nitrogen and oxygen atoms in total. The zero-order valence-corrected chi connectivity index (χ0v) is 12.9. The van der Waals surface area contributed by atoms with Gasteiger partial charge in [0.05, 0.1) is 0 Å². The SMILES string of the molecule is O=P(O)(O)O.O=P(O)(O)O.O=P(O)(O)O.[Zn]. The number of hydrogen-bond donors (Lipinski definition) is 9. The Bertz CT molecular complexity index is 202. The molecule has 0 radical (unpaired) electrons. The van der Waals surface area contributed by atoms with Crippen molar-refractivity contribution in [2.24, 2.45) is 0 Å². The topological polar surface area (TPSA) is 233 Å². The van der Waals surface area contributed by atoms with Crippen LogP contribution < -0.4 is 0 Å². The van der Waals surface area contributed by atoms with Crippen LogP contribution >= 0.6 is 23.5 Å². The second kappa shape index (κ2) is 9.93. The summed E-state index contributed by atoms with van der Waals surface area (Å²) in [7, 11) is -13.9. The van der Waals surface area contributed by atoms with Gasteiger partial charge in [-0.1, -0.05) is 0 Å². The van der Waals surface area contributed by atoms with E-state index in [1.165, 1.54) is 0 Å². The molecule has 16 heteroatoms. The van der Waals surface area contributed by atoms with Gasteiger partial charge in [0, 0.05) is 19.5 Å². The maximum atomic E-state index is 8.88. The van der Waals surface area contributed by atoms with Gasteiger partial charge in [0.25, 0.3) is 0 Å². The van der Waals surface area contributed by atoms with Crippen molar-refractivity contribution in [3.8, 4) is 0 Å². The summed E-state index contributed by atoms with van der Waals surface area (Å²) >= 11 is 0. The Morgan fingerprint density at radius 1 is 0.438 bits per heavy atom. The molecule has 0 aliphatic rings. The van der Waals surface area contributed by atoms with Crippen molar-refractivity contribution in [3.05, 3.63) is 0 Å². The molecule has 0 amide bonds. The van der Waals surface area contributed by atoms with Crippen molar-refractivity contribution >= 4 is 23.5 Å². The van der Waals surface area contributed by atoms with Gasteiger partial charge in [0.2, 0.25) is 0 Å². The first-order chi connectivity index (χ1) is 6.00. The van der Waals surface area contributed by atoms with Crippen molar-refractivity contribution in [1.82, 2.24) is 0 Å². The molecule has 0 heterocycles. The Morgan fingerprint density at radius 2 is 0.438 bits per heavy atom. The number of hydrogen-bond acceptors (Lipinski definition) is 3. The molecule has 0 aromatic rings. The maximum absolute atomic E-state index is 8.88. The van der Waals surface area contributed by atoms with Gasteiger partial charge in [-0.15, -0.1) is 0 Å². The van der Waals surface area contributed by atoms with E-state index in [0.717, 1.165) is 0 Å². The van der Waals surface area contributed by atoms with Crippen molar-refractivity contribution in [2.45, 2.75) is 0 Å². The Kier molecular flexibility index (Phi) is 16.0. The molecule has 0 aromatic carbocycles. The van der Waals surface area contributed by atoms with Crippen molar-refractivity contribution < 1.29 is 77.2 Å². The Hall–Kier alpha value is 0.953. The fraction of sp³-hybridized carbons (Fsp3) is 0. The van der Waals surface area contributed by atoms with Gasteiger partial charge < -0.3 is 44.0 Å². The molecule has 0 bridgehead atoms. The molecule has 0 unspecified atom stereocenters. The second-order valence-electron chi connectivity index (χ2n) is 1.54. The minimum Gasteiger partial charge on any atom is -0.303 e. The van der Waals surface area contributed by atoms with E-state index in [0.29, 0.717) is 0 Å². The summed E-state index contributed by atoms with van der Waals surface area (Å²) in [5.74, 6) is 0. The molecular weight excluding hydrogens is 350 g/mol. The van der Waals surface area contributed by atoms with Gasteiger partial charge in [-0.2, -0.15) is 0 Å². The third-order valence-electron chi connectivity index (χ3n) is 0. The molecule has 16 heavy (non-hydrogen) atoms. The normalized spacial score (nSPS) is 11.1. The van der Waals surface area contributed by atoms with Gasteiger partial charge in [0.1, 0.15) is 0 Å². The zero-order valence-electron chi connectivity index (χ0n) is 7.30. The summed E-state index contributed by atoms with van der Waals surface area (Å²) in [5, 5.41) is 0. The van der Waals surface area contributed by atoms with Crippen molar-refractivity contribution in [3.63, 3.8) is 0 Å². The summed E-state index contributed by atoms with van der Waals surface area (Å²) in [6, 6.07) is 0. The molecular formula is H9O12P3Zn. The fourth-order valence-corrected chi connectivity index (χ4v) is 0. The average Bonchev–Trinajstić information content (AvgIpc) is 1.41. The predicted molar refractivity (Wildman–Crippen MR) is 42.8 cm³/mol. The molecule has 98 valence electrons. The van der Waals surface area contributed by atoms with E-state index >= 15 is 0 Å². The van der Waals surface area contributed by atoms with E-state index in [1.807, 2.05) is 0 Å². The molecule has 0 spiro atoms. The van der Waals surface area contributed by atoms with Crippen LogP contribution in [-0.2, 0) is 33.2 Å². The molecule has 0 aliphatic carbocycles. The van der Waals surface area contributed by atoms with E-state index < -0.39 is 23.5 Å². The van der Waals surface area contributed by atoms with Crippen LogP contribution in [-0.4, -0.2) is 44.0 Å². The molecule has 0 saturated carbocycles. The van der Waals surface area contributed by atoms with Gasteiger partial charge in [-0.3, -0.25) is 0 Å². The molecule has 0 aliphatic heterocycles. The fourth-order valence-electron chi connectivity index (χ4n) is 0. The first-order valence-electron chi connectivity index (χ1n) is 2.35. The summed E-state index contributed by atoms with van der Waals surface area (Å²) < 4.78 is 26.6. The Morgan fingerprint density at radius 3 is 0.438 bits per heavy atom. The monoisotopic (exact) mass is 358 g/mol. The number of phosphoric acid groups is 3. The van der Waals surface area contributed by atoms with Gasteiger partial charge >= 0.3 is 23.5 Å². The molecule has 9 N–H and O–H groups in total. The molecule has 0 saturated heterocycles. The average molecular weight is 359 g/mol. The Labute approximate surface area is 101 Å². The third kappa shape index (κ3) is 3200. The van der Waals surface area contributed by atoms with Crippen LogP contribution in [0.2, 0.25) is 0 Å². The van der Waals surface area contributed by atoms with Crippen LogP contribution in [0.3, 0.4) is 0 Å². The number of rotatable bonds is 0. The largest absolute Gasteiger partial charge is 0.466 e. The van der Waals surface area contributed by atoms with Crippen LogP contribution in [0.1, 0.15) is 0 Å². The van der Waals surface area contributed by atoms with Crippen molar-refractivity contribution in [2.75, 3.05) is 0 Å². The quantitative estimate of drug-likeness (QED) is 0.158. The van der Waals surface area contributed by atoms with Gasteiger partial charge in [0.15, 0.2) is 0 Å². The first-order valence-corrected chi connectivity index (χ1v) is 7.04. The maximum Gasteiger partial charge on any atom is 0.466 e. The van der Waals surface area contributed by atoms with E-state index in [4.69, 9.17) is 57.7 Å². The minimum atomic E-state index is -4.64. The molecule has 0 fully saturated rings. The minimum absolute atomic E-state index is 0. The third-order valence-corrected chi connectivity index (χ3v) is 0. The standard InChI is InChI=1S/3H3O4P.Zn/c3*1-5(2,3)4;/h3*(H3,1,2,3,4);. The van der Waals surface area contributed by atoms with E-state index in [9.17, 15) is 0 Å². The summed E-state index contributed by atoms with van der Waals surface area (Å²) in [5.41, 5.74) is 0. The smallest absolute Gasteiger partial charge is 0.303 e. The van der Waals surface area contributed by atoms with E-state index in [-0.39, 0.29) is 19.5 Å². The molecule has 0 rings (SSSR count). The van der Waals surface area contributed by atoms with Crippen molar-refractivity contribution in [1.29, 1.82) is 0 Å². The van der Waals surface area contributed by atoms with E-state index in [1.54, 1.807) is 0 Å². The van der Waals surface area contributed by atoms with Crippen LogP contribution in [0.4, 0.5) is 0 Å². The van der Waals surface area contributed by atoms with Crippen LogP contribution in [0, 0.1) is 0 Å². The summed E-state index contributed by atoms with van der Waals surface area (Å²) in [6.07, 6.45) is 0. The van der Waals surface area contributed by atoms with Crippen LogP contribution in [0.15, 0.2) is 0 Å². The summed E-state index contributed by atoms with van der Waals surface area (Å²) in [4.78, 5) is 64.7. The summed E-state index contributed by atoms with van der Waals surface area (Å²) in [6.45, 7) is 0.